The zero-order valence-electron chi connectivity index (χ0n) is 12.4. The quantitative estimate of drug-likeness (QED) is 0.753. The van der Waals surface area contributed by atoms with E-state index in [1.54, 1.807) is 6.92 Å². The molecule has 1 amide bonds. The molecule has 18 heavy (non-hydrogen) atoms. The summed E-state index contributed by atoms with van der Waals surface area (Å²) in [6.07, 6.45) is 5.05. The molecule has 4 unspecified atom stereocenters. The van der Waals surface area contributed by atoms with Crippen LogP contribution in [-0.4, -0.2) is 47.9 Å². The van der Waals surface area contributed by atoms with E-state index in [1.807, 2.05) is 0 Å². The Bertz CT molecular complexity index is 305. The van der Waals surface area contributed by atoms with Crippen molar-refractivity contribution in [3.63, 3.8) is 0 Å². The maximum absolute atomic E-state index is 11.8. The Balaban J connectivity index is 2.22. The van der Waals surface area contributed by atoms with E-state index in [-0.39, 0.29) is 5.91 Å². The first-order valence-corrected chi connectivity index (χ1v) is 7.53. The van der Waals surface area contributed by atoms with Crippen LogP contribution >= 0.6 is 0 Å². The molecule has 2 aliphatic heterocycles. The second kappa shape index (κ2) is 5.60. The standard InChI is InChI=1S/C15H28N2O/c1-5-7-14-11(2)17(12(3)18)10-13-8-6-9-16(4)15(13)14/h11,13-15H,5-10H2,1-4H3. The molecule has 0 aromatic heterocycles. The van der Waals surface area contributed by atoms with Crippen LogP contribution in [0, 0.1) is 11.8 Å². The molecule has 0 aromatic carbocycles. The SMILES string of the molecule is CCCC1C2C(CCCN2C)CN(C(C)=O)C1C. The smallest absolute Gasteiger partial charge is 0.219 e. The van der Waals surface area contributed by atoms with E-state index in [2.05, 4.69) is 30.7 Å². The maximum atomic E-state index is 11.8. The number of amides is 1. The Hall–Kier alpha value is -0.570. The average molecular weight is 252 g/mol. The van der Waals surface area contributed by atoms with Crippen molar-refractivity contribution in [2.45, 2.75) is 58.5 Å². The fourth-order valence-electron chi connectivity index (χ4n) is 4.25. The molecule has 0 saturated carbocycles. The Kier molecular flexibility index (Phi) is 4.31. The van der Waals surface area contributed by atoms with Crippen LogP contribution in [-0.2, 0) is 4.79 Å². The van der Waals surface area contributed by atoms with Crippen LogP contribution in [0.3, 0.4) is 0 Å². The minimum absolute atomic E-state index is 0.260. The molecule has 3 heteroatoms. The van der Waals surface area contributed by atoms with Gasteiger partial charge in [0.15, 0.2) is 0 Å². The molecule has 2 rings (SSSR count). The zero-order chi connectivity index (χ0) is 13.3. The van der Waals surface area contributed by atoms with Crippen LogP contribution < -0.4 is 0 Å². The molecular weight excluding hydrogens is 224 g/mol. The first-order chi connectivity index (χ1) is 8.56. The van der Waals surface area contributed by atoms with Gasteiger partial charge in [-0.2, -0.15) is 0 Å². The molecule has 104 valence electrons. The highest BCUT2D eigenvalue weighted by molar-refractivity contribution is 5.73. The van der Waals surface area contributed by atoms with Gasteiger partial charge in [0.05, 0.1) is 0 Å². The number of rotatable bonds is 2. The molecule has 2 heterocycles. The Morgan fingerprint density at radius 1 is 1.39 bits per heavy atom. The lowest BCUT2D eigenvalue weighted by Crippen LogP contribution is -2.62. The molecule has 0 spiro atoms. The summed E-state index contributed by atoms with van der Waals surface area (Å²) in [6, 6.07) is 1.11. The lowest BCUT2D eigenvalue weighted by molar-refractivity contribution is -0.139. The number of carbonyl (C=O) groups excluding carboxylic acids is 1. The molecule has 2 aliphatic rings. The minimum atomic E-state index is 0.260. The highest BCUT2D eigenvalue weighted by Crippen LogP contribution is 2.38. The molecule has 0 bridgehead atoms. The molecule has 0 aliphatic carbocycles. The van der Waals surface area contributed by atoms with Crippen molar-refractivity contribution in [1.82, 2.24) is 9.80 Å². The van der Waals surface area contributed by atoms with Gasteiger partial charge >= 0.3 is 0 Å². The highest BCUT2D eigenvalue weighted by Gasteiger charge is 2.44. The van der Waals surface area contributed by atoms with Crippen LogP contribution in [0.15, 0.2) is 0 Å². The predicted octanol–water partition coefficient (Wildman–Crippen LogP) is 2.36. The summed E-state index contributed by atoms with van der Waals surface area (Å²) in [7, 11) is 2.27. The molecular formula is C15H28N2O. The van der Waals surface area contributed by atoms with E-state index in [1.165, 1.54) is 32.2 Å². The Morgan fingerprint density at radius 3 is 2.72 bits per heavy atom. The van der Waals surface area contributed by atoms with Crippen molar-refractivity contribution in [3.05, 3.63) is 0 Å². The third-order valence-electron chi connectivity index (χ3n) is 5.09. The number of hydrogen-bond donors (Lipinski definition) is 0. The number of hydrogen-bond acceptors (Lipinski definition) is 2. The second-order valence-electron chi connectivity index (χ2n) is 6.24. The number of carbonyl (C=O) groups is 1. The number of likely N-dealkylation sites (tertiary alicyclic amines) is 2. The first-order valence-electron chi connectivity index (χ1n) is 7.53. The summed E-state index contributed by atoms with van der Waals surface area (Å²) in [6.45, 7) is 8.45. The van der Waals surface area contributed by atoms with Gasteiger partial charge in [-0.05, 0) is 51.6 Å². The highest BCUT2D eigenvalue weighted by atomic mass is 16.2. The molecule has 0 N–H and O–H groups in total. The van der Waals surface area contributed by atoms with E-state index in [0.29, 0.717) is 23.9 Å². The normalized spacial score (nSPS) is 37.4. The van der Waals surface area contributed by atoms with Gasteiger partial charge < -0.3 is 9.80 Å². The van der Waals surface area contributed by atoms with Crippen molar-refractivity contribution in [3.8, 4) is 0 Å². The van der Waals surface area contributed by atoms with Gasteiger partial charge in [0.1, 0.15) is 0 Å². The maximum Gasteiger partial charge on any atom is 0.219 e. The monoisotopic (exact) mass is 252 g/mol. The molecule has 0 aromatic rings. The average Bonchev–Trinajstić information content (AvgIpc) is 2.32. The molecule has 2 fully saturated rings. The van der Waals surface area contributed by atoms with E-state index < -0.39 is 0 Å². The van der Waals surface area contributed by atoms with E-state index in [9.17, 15) is 4.79 Å². The fraction of sp³-hybridized carbons (Fsp3) is 0.933. The van der Waals surface area contributed by atoms with Crippen LogP contribution in [0.5, 0.6) is 0 Å². The lowest BCUT2D eigenvalue weighted by Gasteiger charge is -2.53. The van der Waals surface area contributed by atoms with Crippen molar-refractivity contribution in [2.24, 2.45) is 11.8 Å². The van der Waals surface area contributed by atoms with Crippen molar-refractivity contribution < 1.29 is 4.79 Å². The van der Waals surface area contributed by atoms with Gasteiger partial charge in [0.25, 0.3) is 0 Å². The molecule has 4 atom stereocenters. The third-order valence-corrected chi connectivity index (χ3v) is 5.09. The Labute approximate surface area is 112 Å². The summed E-state index contributed by atoms with van der Waals surface area (Å²) in [5.41, 5.74) is 0. The first kappa shape index (κ1) is 13.9. The molecule has 0 radical (unpaired) electrons. The summed E-state index contributed by atoms with van der Waals surface area (Å²) in [5.74, 6) is 1.61. The number of fused-ring (bicyclic) bond motifs is 1. The number of nitrogens with zero attached hydrogens (tertiary/aromatic N) is 2. The van der Waals surface area contributed by atoms with Gasteiger partial charge in [0, 0.05) is 25.6 Å². The minimum Gasteiger partial charge on any atom is -0.340 e. The van der Waals surface area contributed by atoms with Gasteiger partial charge in [-0.1, -0.05) is 13.3 Å². The lowest BCUT2D eigenvalue weighted by atomic mass is 9.72. The topological polar surface area (TPSA) is 23.6 Å². The zero-order valence-corrected chi connectivity index (χ0v) is 12.4. The van der Waals surface area contributed by atoms with Crippen LogP contribution in [0.2, 0.25) is 0 Å². The van der Waals surface area contributed by atoms with Crippen LogP contribution in [0.25, 0.3) is 0 Å². The summed E-state index contributed by atoms with van der Waals surface area (Å²) in [5, 5.41) is 0. The van der Waals surface area contributed by atoms with Crippen LogP contribution in [0.1, 0.15) is 46.5 Å². The number of piperidine rings is 2. The summed E-state index contributed by atoms with van der Waals surface area (Å²) >= 11 is 0. The largest absolute Gasteiger partial charge is 0.340 e. The van der Waals surface area contributed by atoms with Gasteiger partial charge in [-0.25, -0.2) is 0 Å². The van der Waals surface area contributed by atoms with Crippen LogP contribution in [0.4, 0.5) is 0 Å². The van der Waals surface area contributed by atoms with Crippen molar-refractivity contribution >= 4 is 5.91 Å². The molecule has 3 nitrogen and oxygen atoms in total. The van der Waals surface area contributed by atoms with Gasteiger partial charge in [0.2, 0.25) is 5.91 Å². The van der Waals surface area contributed by atoms with E-state index in [4.69, 9.17) is 0 Å². The Morgan fingerprint density at radius 2 is 2.11 bits per heavy atom. The molecule has 2 saturated heterocycles. The summed E-state index contributed by atoms with van der Waals surface area (Å²) in [4.78, 5) is 16.5. The van der Waals surface area contributed by atoms with Crippen molar-refractivity contribution in [1.29, 1.82) is 0 Å². The third kappa shape index (κ3) is 2.42. The van der Waals surface area contributed by atoms with E-state index in [0.717, 1.165) is 6.54 Å². The fourth-order valence-corrected chi connectivity index (χ4v) is 4.25. The van der Waals surface area contributed by atoms with Crippen molar-refractivity contribution in [2.75, 3.05) is 20.1 Å². The van der Waals surface area contributed by atoms with Gasteiger partial charge in [-0.15, -0.1) is 0 Å². The predicted molar refractivity (Wildman–Crippen MR) is 74.4 cm³/mol. The second-order valence-corrected chi connectivity index (χ2v) is 6.24. The van der Waals surface area contributed by atoms with Gasteiger partial charge in [-0.3, -0.25) is 4.79 Å². The summed E-state index contributed by atoms with van der Waals surface area (Å²) < 4.78 is 0. The van der Waals surface area contributed by atoms with E-state index >= 15 is 0 Å².